The summed E-state index contributed by atoms with van der Waals surface area (Å²) in [5, 5.41) is 4.84. The van der Waals surface area contributed by atoms with Crippen LogP contribution in [0.2, 0.25) is 0 Å². The van der Waals surface area contributed by atoms with Gasteiger partial charge in [0.2, 0.25) is 11.8 Å². The zero-order chi connectivity index (χ0) is 18.5. The highest BCUT2D eigenvalue weighted by molar-refractivity contribution is 7.09. The van der Waals surface area contributed by atoms with Crippen LogP contribution in [0.1, 0.15) is 21.7 Å². The molecular formula is C21H18N2O3S. The summed E-state index contributed by atoms with van der Waals surface area (Å²) in [6.07, 6.45) is 5.07. The molecule has 5 rings (SSSR count). The summed E-state index contributed by atoms with van der Waals surface area (Å²) >= 11 is 1.58. The summed E-state index contributed by atoms with van der Waals surface area (Å²) in [7, 11) is 0. The van der Waals surface area contributed by atoms with Gasteiger partial charge in [-0.2, -0.15) is 0 Å². The molecule has 2 bridgehead atoms. The minimum absolute atomic E-state index is 0.127. The summed E-state index contributed by atoms with van der Waals surface area (Å²) in [5.74, 6) is -0.577. The van der Waals surface area contributed by atoms with E-state index in [1.807, 2.05) is 17.5 Å². The van der Waals surface area contributed by atoms with Gasteiger partial charge in [-0.15, -0.1) is 11.3 Å². The van der Waals surface area contributed by atoms with Crippen molar-refractivity contribution in [3.8, 4) is 0 Å². The fourth-order valence-corrected chi connectivity index (χ4v) is 5.27. The molecule has 2 aliphatic carbocycles. The van der Waals surface area contributed by atoms with Gasteiger partial charge < -0.3 is 5.32 Å². The smallest absolute Gasteiger partial charge is 0.251 e. The van der Waals surface area contributed by atoms with Gasteiger partial charge in [0.1, 0.15) is 0 Å². The van der Waals surface area contributed by atoms with E-state index < -0.39 is 0 Å². The van der Waals surface area contributed by atoms with Gasteiger partial charge in [0.25, 0.3) is 5.91 Å². The number of imide groups is 1. The van der Waals surface area contributed by atoms with Gasteiger partial charge in [0.15, 0.2) is 0 Å². The standard InChI is InChI=1S/C21H18N2O3S/c24-19(22-11-16-5-2-8-27-16)14-3-1-4-15(10-14)23-20(25)17-12-6-7-13(9-12)18(17)21(23)26/h1-8,10,12-13,17-18H,9,11H2,(H,22,24)/t12-,13-,17+,18+/m0/s1. The fourth-order valence-electron chi connectivity index (χ4n) is 4.63. The average Bonchev–Trinajstić information content (AvgIpc) is 3.45. The number of hydrogen-bond donors (Lipinski definition) is 1. The number of carbonyl (C=O) groups is 3. The highest BCUT2D eigenvalue weighted by Gasteiger charge is 2.59. The third-order valence-electron chi connectivity index (χ3n) is 5.84. The summed E-state index contributed by atoms with van der Waals surface area (Å²) in [5.41, 5.74) is 0.936. The highest BCUT2D eigenvalue weighted by atomic mass is 32.1. The number of carbonyl (C=O) groups excluding carboxylic acids is 3. The lowest BCUT2D eigenvalue weighted by Gasteiger charge is -2.18. The molecule has 2 heterocycles. The summed E-state index contributed by atoms with van der Waals surface area (Å²) in [6, 6.07) is 10.7. The monoisotopic (exact) mass is 378 g/mol. The maximum Gasteiger partial charge on any atom is 0.251 e. The molecule has 0 unspecified atom stereocenters. The first-order valence-corrected chi connectivity index (χ1v) is 9.98. The molecule has 4 atom stereocenters. The van der Waals surface area contributed by atoms with Crippen LogP contribution in [0.4, 0.5) is 5.69 Å². The van der Waals surface area contributed by atoms with E-state index in [4.69, 9.17) is 0 Å². The molecule has 2 fully saturated rings. The van der Waals surface area contributed by atoms with Gasteiger partial charge >= 0.3 is 0 Å². The Labute approximate surface area is 160 Å². The van der Waals surface area contributed by atoms with Crippen LogP contribution >= 0.6 is 11.3 Å². The lowest BCUT2D eigenvalue weighted by atomic mass is 9.85. The van der Waals surface area contributed by atoms with Gasteiger partial charge in [-0.1, -0.05) is 24.3 Å². The number of amides is 3. The average molecular weight is 378 g/mol. The molecule has 3 aliphatic rings. The summed E-state index contributed by atoms with van der Waals surface area (Å²) < 4.78 is 0. The van der Waals surface area contributed by atoms with E-state index in [-0.39, 0.29) is 41.4 Å². The number of rotatable bonds is 4. The summed E-state index contributed by atoms with van der Waals surface area (Å²) in [4.78, 5) is 40.7. The van der Waals surface area contributed by atoms with Crippen molar-refractivity contribution >= 4 is 34.7 Å². The number of allylic oxidation sites excluding steroid dienone is 2. The van der Waals surface area contributed by atoms with E-state index >= 15 is 0 Å². The SMILES string of the molecule is O=C(NCc1cccs1)c1cccc(N2C(=O)[C@H]3[C@H](C2=O)[C@H]2C=C[C@H]3C2)c1. The van der Waals surface area contributed by atoms with E-state index in [1.165, 1.54) is 4.90 Å². The Hall–Kier alpha value is -2.73. The zero-order valence-electron chi connectivity index (χ0n) is 14.5. The largest absolute Gasteiger partial charge is 0.347 e. The maximum atomic E-state index is 12.9. The lowest BCUT2D eigenvalue weighted by molar-refractivity contribution is -0.123. The molecule has 136 valence electrons. The Morgan fingerprint density at radius 1 is 1.07 bits per heavy atom. The van der Waals surface area contributed by atoms with Crippen molar-refractivity contribution in [1.82, 2.24) is 5.32 Å². The number of anilines is 1. The van der Waals surface area contributed by atoms with Crippen LogP contribution in [0.15, 0.2) is 53.9 Å². The van der Waals surface area contributed by atoms with Crippen molar-refractivity contribution in [2.24, 2.45) is 23.7 Å². The van der Waals surface area contributed by atoms with Crippen molar-refractivity contribution in [3.63, 3.8) is 0 Å². The van der Waals surface area contributed by atoms with Crippen molar-refractivity contribution in [1.29, 1.82) is 0 Å². The van der Waals surface area contributed by atoms with Crippen LogP contribution in [0.3, 0.4) is 0 Å². The van der Waals surface area contributed by atoms with Crippen LogP contribution in [0.25, 0.3) is 0 Å². The molecule has 1 N–H and O–H groups in total. The topological polar surface area (TPSA) is 66.5 Å². The first-order chi connectivity index (χ1) is 13.1. The number of thiophene rings is 1. The fraction of sp³-hybridized carbons (Fsp3) is 0.286. The number of fused-ring (bicyclic) bond motifs is 5. The molecule has 27 heavy (non-hydrogen) atoms. The molecule has 6 heteroatoms. The lowest BCUT2D eigenvalue weighted by Crippen LogP contribution is -2.33. The molecule has 3 amide bonds. The molecule has 0 radical (unpaired) electrons. The Bertz CT molecular complexity index is 936. The van der Waals surface area contributed by atoms with Gasteiger partial charge in [0.05, 0.1) is 24.1 Å². The molecule has 5 nitrogen and oxygen atoms in total. The molecule has 1 aromatic heterocycles. The zero-order valence-corrected chi connectivity index (χ0v) is 15.3. The second-order valence-corrected chi connectivity index (χ2v) is 8.36. The Morgan fingerprint density at radius 2 is 1.81 bits per heavy atom. The molecule has 1 aromatic carbocycles. The van der Waals surface area contributed by atoms with Crippen LogP contribution in [0, 0.1) is 23.7 Å². The molecule has 1 saturated carbocycles. The van der Waals surface area contributed by atoms with Gasteiger partial charge in [-0.05, 0) is 47.9 Å². The quantitative estimate of drug-likeness (QED) is 0.657. The molecule has 1 aliphatic heterocycles. The van der Waals surface area contributed by atoms with Gasteiger partial charge in [-0.25, -0.2) is 4.90 Å². The normalized spacial score (nSPS) is 28.1. The van der Waals surface area contributed by atoms with Crippen LogP contribution in [-0.4, -0.2) is 17.7 Å². The van der Waals surface area contributed by atoms with Crippen molar-refractivity contribution in [2.75, 3.05) is 4.90 Å². The third kappa shape index (κ3) is 2.55. The van der Waals surface area contributed by atoms with E-state index in [0.717, 1.165) is 11.3 Å². The number of nitrogens with zero attached hydrogens (tertiary/aromatic N) is 1. The van der Waals surface area contributed by atoms with Gasteiger partial charge in [0, 0.05) is 10.4 Å². The maximum absolute atomic E-state index is 12.9. The van der Waals surface area contributed by atoms with Crippen LogP contribution in [0.5, 0.6) is 0 Å². The number of benzene rings is 1. The van der Waals surface area contributed by atoms with Crippen LogP contribution in [-0.2, 0) is 16.1 Å². The predicted octanol–water partition coefficient (Wildman–Crippen LogP) is 2.99. The van der Waals surface area contributed by atoms with E-state index in [0.29, 0.717) is 17.8 Å². The molecule has 1 saturated heterocycles. The third-order valence-corrected chi connectivity index (χ3v) is 6.72. The van der Waals surface area contributed by atoms with Crippen molar-refractivity contribution in [2.45, 2.75) is 13.0 Å². The minimum Gasteiger partial charge on any atom is -0.347 e. The summed E-state index contributed by atoms with van der Waals surface area (Å²) in [6.45, 7) is 0.460. The van der Waals surface area contributed by atoms with Crippen molar-refractivity contribution < 1.29 is 14.4 Å². The Kier molecular flexibility index (Phi) is 3.75. The van der Waals surface area contributed by atoms with E-state index in [2.05, 4.69) is 17.5 Å². The number of hydrogen-bond acceptors (Lipinski definition) is 4. The second kappa shape index (κ2) is 6.16. The van der Waals surface area contributed by atoms with Crippen molar-refractivity contribution in [3.05, 3.63) is 64.4 Å². The first kappa shape index (κ1) is 16.4. The first-order valence-electron chi connectivity index (χ1n) is 9.10. The predicted molar refractivity (Wildman–Crippen MR) is 102 cm³/mol. The van der Waals surface area contributed by atoms with Crippen LogP contribution < -0.4 is 10.2 Å². The Morgan fingerprint density at radius 3 is 2.48 bits per heavy atom. The Balaban J connectivity index is 1.37. The van der Waals surface area contributed by atoms with E-state index in [9.17, 15) is 14.4 Å². The number of nitrogens with one attached hydrogen (secondary N) is 1. The molecule has 0 spiro atoms. The molecular weight excluding hydrogens is 360 g/mol. The van der Waals surface area contributed by atoms with E-state index in [1.54, 1.807) is 35.6 Å². The minimum atomic E-state index is -0.233. The molecule has 2 aromatic rings. The van der Waals surface area contributed by atoms with Gasteiger partial charge in [-0.3, -0.25) is 14.4 Å². The highest BCUT2D eigenvalue weighted by Crippen LogP contribution is 2.53. The second-order valence-electron chi connectivity index (χ2n) is 7.32.